The van der Waals surface area contributed by atoms with Gasteiger partial charge in [-0.2, -0.15) is 0 Å². The Labute approximate surface area is 117 Å². The van der Waals surface area contributed by atoms with Crippen molar-refractivity contribution in [3.05, 3.63) is 41.7 Å². The van der Waals surface area contributed by atoms with Gasteiger partial charge in [-0.25, -0.2) is 4.79 Å². The molecule has 1 rings (SSSR count). The zero-order valence-electron chi connectivity index (χ0n) is 11.0. The van der Waals surface area contributed by atoms with Crippen molar-refractivity contribution in [3.8, 4) is 5.75 Å². The summed E-state index contributed by atoms with van der Waals surface area (Å²) in [6.07, 6.45) is 2.26. The average molecular weight is 281 g/mol. The predicted octanol–water partition coefficient (Wildman–Crippen LogP) is 1.36. The molecule has 0 spiro atoms. The molecular formula is C14H19NO5. The lowest BCUT2D eigenvalue weighted by Crippen LogP contribution is -2.14. The Kier molecular flexibility index (Phi) is 6.55. The fraction of sp³-hybridized carbons (Fsp3) is 0.357. The first-order valence-corrected chi connectivity index (χ1v) is 6.26. The van der Waals surface area contributed by atoms with Gasteiger partial charge in [0.1, 0.15) is 5.75 Å². The van der Waals surface area contributed by atoms with Crippen LogP contribution in [0, 0.1) is 0 Å². The summed E-state index contributed by atoms with van der Waals surface area (Å²) in [6, 6.07) is 6.69. The quantitative estimate of drug-likeness (QED) is 0.325. The molecule has 0 saturated carbocycles. The molecule has 1 aromatic carbocycles. The van der Waals surface area contributed by atoms with E-state index in [4.69, 9.17) is 25.8 Å². The van der Waals surface area contributed by atoms with Crippen LogP contribution in [0.5, 0.6) is 5.75 Å². The minimum absolute atomic E-state index is 0.111. The summed E-state index contributed by atoms with van der Waals surface area (Å²) >= 11 is 0. The molecule has 0 saturated heterocycles. The number of allylic oxidation sites excluding steroid dienone is 1. The molecule has 0 bridgehead atoms. The predicted molar refractivity (Wildman–Crippen MR) is 73.5 cm³/mol. The fourth-order valence-corrected chi connectivity index (χ4v) is 1.52. The van der Waals surface area contributed by atoms with Crippen molar-refractivity contribution in [1.29, 1.82) is 0 Å². The van der Waals surface area contributed by atoms with Gasteiger partial charge in [0.2, 0.25) is 0 Å². The molecule has 1 aromatic rings. The largest absolute Gasteiger partial charge is 0.502 e. The third-order valence-electron chi connectivity index (χ3n) is 2.68. The fourth-order valence-electron chi connectivity index (χ4n) is 1.52. The Balaban J connectivity index is 2.32. The Bertz CT molecular complexity index is 455. The number of hydrogen-bond donors (Lipinski definition) is 4. The second-order valence-electron chi connectivity index (χ2n) is 4.24. The molecule has 0 radical (unpaired) electrons. The van der Waals surface area contributed by atoms with Crippen LogP contribution in [0.3, 0.4) is 0 Å². The minimum Gasteiger partial charge on any atom is -0.502 e. The molecule has 5 N–H and O–H groups in total. The number of aliphatic hydroxyl groups is 2. The Hall–Kier alpha value is -2.05. The van der Waals surface area contributed by atoms with Gasteiger partial charge in [0.15, 0.2) is 5.76 Å². The van der Waals surface area contributed by atoms with Gasteiger partial charge in [-0.05, 0) is 36.6 Å². The lowest BCUT2D eigenvalue weighted by atomic mass is 10.1. The first-order chi connectivity index (χ1) is 9.54. The van der Waals surface area contributed by atoms with Crippen LogP contribution < -0.4 is 10.5 Å². The van der Waals surface area contributed by atoms with Crippen molar-refractivity contribution >= 4 is 5.97 Å². The Morgan fingerprint density at radius 1 is 1.30 bits per heavy atom. The lowest BCUT2D eigenvalue weighted by molar-refractivity contribution is -0.135. The number of rotatable bonds is 8. The number of ether oxygens (including phenoxy) is 1. The maximum atomic E-state index is 10.3. The molecule has 1 atom stereocenters. The van der Waals surface area contributed by atoms with E-state index in [1.165, 1.54) is 6.08 Å². The number of nitrogens with two attached hydrogens (primary N) is 1. The summed E-state index contributed by atoms with van der Waals surface area (Å²) < 4.78 is 5.46. The smallest absolute Gasteiger partial charge is 0.370 e. The number of carbonyl (C=O) groups is 1. The molecule has 0 heterocycles. The van der Waals surface area contributed by atoms with E-state index in [1.54, 1.807) is 24.3 Å². The molecule has 110 valence electrons. The first-order valence-electron chi connectivity index (χ1n) is 6.26. The van der Waals surface area contributed by atoms with Crippen LogP contribution in [0.1, 0.15) is 24.4 Å². The molecule has 6 heteroatoms. The lowest BCUT2D eigenvalue weighted by Gasteiger charge is -2.10. The van der Waals surface area contributed by atoms with Crippen molar-refractivity contribution in [2.75, 3.05) is 13.2 Å². The Morgan fingerprint density at radius 2 is 1.95 bits per heavy atom. The van der Waals surface area contributed by atoms with Gasteiger partial charge in [0.05, 0.1) is 19.3 Å². The minimum atomic E-state index is -1.33. The zero-order valence-corrected chi connectivity index (χ0v) is 11.0. The van der Waals surface area contributed by atoms with E-state index in [0.29, 0.717) is 25.2 Å². The van der Waals surface area contributed by atoms with Gasteiger partial charge in [0.25, 0.3) is 0 Å². The van der Waals surface area contributed by atoms with E-state index in [9.17, 15) is 4.79 Å². The van der Waals surface area contributed by atoms with Crippen LogP contribution in [0.15, 0.2) is 36.1 Å². The number of carboxylic acids is 1. The maximum Gasteiger partial charge on any atom is 0.370 e. The highest BCUT2D eigenvalue weighted by Crippen LogP contribution is 2.16. The number of aliphatic carboxylic acids is 1. The van der Waals surface area contributed by atoms with Gasteiger partial charge in [-0.15, -0.1) is 0 Å². The van der Waals surface area contributed by atoms with Crippen LogP contribution in [-0.4, -0.2) is 34.5 Å². The van der Waals surface area contributed by atoms with E-state index >= 15 is 0 Å². The highest BCUT2D eigenvalue weighted by Gasteiger charge is 2.04. The van der Waals surface area contributed by atoms with Gasteiger partial charge < -0.3 is 25.8 Å². The van der Waals surface area contributed by atoms with E-state index < -0.39 is 17.8 Å². The van der Waals surface area contributed by atoms with Gasteiger partial charge in [0, 0.05) is 0 Å². The van der Waals surface area contributed by atoms with Crippen LogP contribution in [-0.2, 0) is 4.79 Å². The summed E-state index contributed by atoms with van der Waals surface area (Å²) in [5, 5.41) is 26.3. The van der Waals surface area contributed by atoms with Crippen molar-refractivity contribution in [2.45, 2.75) is 18.9 Å². The highest BCUT2D eigenvalue weighted by molar-refractivity contribution is 5.83. The Morgan fingerprint density at radius 3 is 2.50 bits per heavy atom. The normalized spacial score (nSPS) is 13.0. The topological polar surface area (TPSA) is 113 Å². The second kappa shape index (κ2) is 8.19. The summed E-state index contributed by atoms with van der Waals surface area (Å²) in [5.74, 6) is -1.31. The molecule has 1 unspecified atom stereocenters. The number of benzene rings is 1. The van der Waals surface area contributed by atoms with E-state index in [1.807, 2.05) is 0 Å². The summed E-state index contributed by atoms with van der Waals surface area (Å²) in [5.41, 5.74) is 6.50. The van der Waals surface area contributed by atoms with Crippen molar-refractivity contribution in [2.24, 2.45) is 5.73 Å². The first kappa shape index (κ1) is 16.0. The summed E-state index contributed by atoms with van der Waals surface area (Å²) in [4.78, 5) is 10.3. The molecule has 0 aromatic heterocycles. The molecule has 0 aliphatic rings. The van der Waals surface area contributed by atoms with Crippen LogP contribution >= 0.6 is 0 Å². The van der Waals surface area contributed by atoms with Gasteiger partial charge in [-0.1, -0.05) is 12.1 Å². The molecule has 0 amide bonds. The van der Waals surface area contributed by atoms with E-state index in [2.05, 4.69) is 0 Å². The van der Waals surface area contributed by atoms with Crippen LogP contribution in [0.2, 0.25) is 0 Å². The third-order valence-corrected chi connectivity index (χ3v) is 2.68. The van der Waals surface area contributed by atoms with Crippen LogP contribution in [0.4, 0.5) is 0 Å². The molecule has 0 aliphatic heterocycles. The van der Waals surface area contributed by atoms with Crippen LogP contribution in [0.25, 0.3) is 0 Å². The highest BCUT2D eigenvalue weighted by atomic mass is 16.5. The van der Waals surface area contributed by atoms with E-state index in [-0.39, 0.29) is 6.61 Å². The van der Waals surface area contributed by atoms with E-state index in [0.717, 1.165) is 5.56 Å². The number of hydrogen-bond acceptors (Lipinski definition) is 5. The SMILES string of the molecule is NC(CO)c1ccc(OCCC/C=C(\O)C(=O)O)cc1. The monoisotopic (exact) mass is 281 g/mol. The number of unbranched alkanes of at least 4 members (excludes halogenated alkanes) is 1. The summed E-state index contributed by atoms with van der Waals surface area (Å²) in [7, 11) is 0. The van der Waals surface area contributed by atoms with Gasteiger partial charge in [-0.3, -0.25) is 0 Å². The molecular weight excluding hydrogens is 262 g/mol. The standard InChI is InChI=1S/C14H19NO5/c15-12(9-16)10-4-6-11(7-5-10)20-8-2-1-3-13(17)14(18)19/h3-7,12,16-17H,1-2,8-9,15H2,(H,18,19)/b13-3-. The third kappa shape index (κ3) is 5.29. The molecule has 0 fully saturated rings. The zero-order chi connectivity index (χ0) is 15.0. The maximum absolute atomic E-state index is 10.3. The molecule has 6 nitrogen and oxygen atoms in total. The van der Waals surface area contributed by atoms with Crippen molar-refractivity contribution in [1.82, 2.24) is 0 Å². The van der Waals surface area contributed by atoms with Crippen molar-refractivity contribution < 1.29 is 24.9 Å². The van der Waals surface area contributed by atoms with Crippen molar-refractivity contribution in [3.63, 3.8) is 0 Å². The number of carboxylic acid groups (broad SMARTS) is 1. The molecule has 0 aliphatic carbocycles. The van der Waals surface area contributed by atoms with Gasteiger partial charge >= 0.3 is 5.97 Å². The molecule has 20 heavy (non-hydrogen) atoms. The second-order valence-corrected chi connectivity index (χ2v) is 4.24. The number of aliphatic hydroxyl groups excluding tert-OH is 2. The summed E-state index contributed by atoms with van der Waals surface area (Å²) in [6.45, 7) is 0.300. The average Bonchev–Trinajstić information content (AvgIpc) is 2.46.